The van der Waals surface area contributed by atoms with Crippen LogP contribution in [0.25, 0.3) is 10.9 Å². The van der Waals surface area contributed by atoms with Crippen LogP contribution < -0.4 is 9.46 Å². The Morgan fingerprint density at radius 1 is 1.00 bits per heavy atom. The van der Waals surface area contributed by atoms with E-state index in [1.165, 1.54) is 17.5 Å². The highest BCUT2D eigenvalue weighted by atomic mass is 32.2. The number of nitrogens with one attached hydrogen (secondary N) is 1. The number of hydrogen-bond acceptors (Lipinski definition) is 6. The van der Waals surface area contributed by atoms with Crippen molar-refractivity contribution in [2.75, 3.05) is 26.0 Å². The van der Waals surface area contributed by atoms with Crippen LogP contribution in [-0.4, -0.2) is 78.8 Å². The maximum absolute atomic E-state index is 14.9. The van der Waals surface area contributed by atoms with Gasteiger partial charge in [0.1, 0.15) is 5.75 Å². The number of halogens is 3. The van der Waals surface area contributed by atoms with E-state index < -0.39 is 46.1 Å². The van der Waals surface area contributed by atoms with Crippen LogP contribution in [0.2, 0.25) is 0 Å². The molecule has 9 nitrogen and oxygen atoms in total. The molecule has 1 saturated carbocycles. The number of fused-ring (bicyclic) bond motifs is 8. The Labute approximate surface area is 318 Å². The number of piperidine rings is 1. The Balaban J connectivity index is 1.10. The number of amides is 2. The number of sulfonamides is 1. The molecule has 2 bridgehead atoms. The van der Waals surface area contributed by atoms with Gasteiger partial charge in [0.25, 0.3) is 5.91 Å². The lowest BCUT2D eigenvalue weighted by Gasteiger charge is -2.57. The fraction of sp³-hybridized carbons (Fsp3) is 0.476. The Morgan fingerprint density at radius 2 is 1.75 bits per heavy atom. The molecule has 13 heteroatoms. The van der Waals surface area contributed by atoms with Crippen molar-refractivity contribution in [2.45, 2.75) is 94.6 Å². The van der Waals surface area contributed by atoms with Crippen molar-refractivity contribution in [3.63, 3.8) is 0 Å². The van der Waals surface area contributed by atoms with Gasteiger partial charge >= 0.3 is 6.18 Å². The van der Waals surface area contributed by atoms with E-state index in [0.717, 1.165) is 73.9 Å². The lowest BCUT2D eigenvalue weighted by Crippen LogP contribution is -2.70. The summed E-state index contributed by atoms with van der Waals surface area (Å²) in [5.41, 5.74) is 6.59. The molecular weight excluding hydrogens is 730 g/mol. The van der Waals surface area contributed by atoms with Crippen molar-refractivity contribution < 1.29 is 35.9 Å². The molecule has 0 radical (unpaired) electrons. The molecule has 0 spiro atoms. The zero-order valence-electron chi connectivity index (χ0n) is 30.8. The van der Waals surface area contributed by atoms with E-state index in [1.54, 1.807) is 7.11 Å². The number of piperazine rings is 1. The number of benzene rings is 2. The molecule has 2 amide bonds. The third-order valence-corrected chi connectivity index (χ3v) is 13.9. The second-order valence-corrected chi connectivity index (χ2v) is 17.9. The highest BCUT2D eigenvalue weighted by Crippen LogP contribution is 2.56. The van der Waals surface area contributed by atoms with Crippen molar-refractivity contribution in [2.24, 2.45) is 5.92 Å². The van der Waals surface area contributed by atoms with E-state index in [-0.39, 0.29) is 30.1 Å². The summed E-state index contributed by atoms with van der Waals surface area (Å²) < 4.78 is 74.3. The smallest absolute Gasteiger partial charge is 0.390 e. The minimum absolute atomic E-state index is 0.0779. The zero-order chi connectivity index (χ0) is 38.2. The summed E-state index contributed by atoms with van der Waals surface area (Å²) in [5.74, 6) is -1.96. The van der Waals surface area contributed by atoms with Gasteiger partial charge in [-0.15, -0.1) is 0 Å². The van der Waals surface area contributed by atoms with Crippen molar-refractivity contribution in [1.29, 1.82) is 0 Å². The molecule has 55 heavy (non-hydrogen) atoms. The van der Waals surface area contributed by atoms with Crippen LogP contribution in [-0.2, 0) is 32.7 Å². The summed E-state index contributed by atoms with van der Waals surface area (Å²) in [6, 6.07) is 16.8. The van der Waals surface area contributed by atoms with Crippen LogP contribution in [0.5, 0.6) is 5.75 Å². The van der Waals surface area contributed by atoms with Crippen molar-refractivity contribution >= 4 is 32.7 Å². The summed E-state index contributed by atoms with van der Waals surface area (Å²) >= 11 is 0. The fourth-order valence-electron chi connectivity index (χ4n) is 10.2. The number of alkyl halides is 3. The summed E-state index contributed by atoms with van der Waals surface area (Å²) in [4.78, 5) is 33.1. The Bertz CT molecular complexity index is 2260. The highest BCUT2D eigenvalue weighted by molar-refractivity contribution is 7.90. The SMILES string of the molecule is COc1ccc(C2CCCCC2)c2c1cc1n2CC2=C(C(=O)NS(=O)(=O)CCC(F)(F)F)C2=C2C=CC[C@@H](C(=O)N3C4CC3CN(Cc3ccccc3)C4)C21. The number of hydrogen-bond donors (Lipinski definition) is 1. The average molecular weight is 775 g/mol. The van der Waals surface area contributed by atoms with Crippen molar-refractivity contribution in [1.82, 2.24) is 19.1 Å². The van der Waals surface area contributed by atoms with Gasteiger partial charge in [-0.1, -0.05) is 67.8 Å². The van der Waals surface area contributed by atoms with Gasteiger partial charge in [0, 0.05) is 55.3 Å². The molecule has 2 aromatic carbocycles. The average Bonchev–Trinajstić information content (AvgIpc) is 3.80. The topological polar surface area (TPSA) is 101 Å². The predicted molar refractivity (Wildman–Crippen MR) is 202 cm³/mol. The highest BCUT2D eigenvalue weighted by Gasteiger charge is 2.53. The number of rotatable bonds is 9. The van der Waals surface area contributed by atoms with Crippen molar-refractivity contribution in [3.8, 4) is 5.75 Å². The maximum Gasteiger partial charge on any atom is 0.390 e. The van der Waals surface area contributed by atoms with Gasteiger partial charge in [-0.2, -0.15) is 13.2 Å². The molecule has 4 atom stereocenters. The zero-order valence-corrected chi connectivity index (χ0v) is 31.6. The number of ether oxygens (including phenoxy) is 1. The number of nitrogens with zero attached hydrogens (tertiary/aromatic N) is 3. The Morgan fingerprint density at radius 3 is 2.45 bits per heavy atom. The first-order valence-corrected chi connectivity index (χ1v) is 21.1. The number of carbonyl (C=O) groups excluding carboxylic acids is 2. The van der Waals surface area contributed by atoms with Gasteiger partial charge in [0.15, 0.2) is 0 Å². The molecule has 7 aliphatic rings. The van der Waals surface area contributed by atoms with E-state index in [0.29, 0.717) is 29.2 Å². The Kier molecular flexibility index (Phi) is 9.03. The second kappa shape index (κ2) is 13.7. The monoisotopic (exact) mass is 774 g/mol. The quantitative estimate of drug-likeness (QED) is 0.255. The van der Waals surface area contributed by atoms with Crippen LogP contribution in [0.15, 0.2) is 83.0 Å². The lowest BCUT2D eigenvalue weighted by atomic mass is 9.74. The van der Waals surface area contributed by atoms with Gasteiger partial charge in [-0.3, -0.25) is 14.5 Å². The van der Waals surface area contributed by atoms with Crippen LogP contribution in [0, 0.1) is 5.92 Å². The van der Waals surface area contributed by atoms with Gasteiger partial charge in [0.05, 0.1) is 36.3 Å². The minimum atomic E-state index is -4.68. The lowest BCUT2D eigenvalue weighted by molar-refractivity contribution is -0.159. The number of allylic oxidation sites excluding steroid dienone is 4. The van der Waals surface area contributed by atoms with Gasteiger partial charge in [0.2, 0.25) is 15.9 Å². The maximum atomic E-state index is 14.9. The Hall–Kier alpha value is -4.36. The first-order chi connectivity index (χ1) is 26.4. The standard InChI is InChI=1S/C42H45F3N4O5S/c1-54-35-16-15-29(26-11-6-3-7-12-26)39-32(35)20-34-36-30(37-33(24-48(34)39)38(37)40(50)46-55(52,53)18-17-42(43,44)45)13-8-14-31(36)41(51)49-27-19-28(49)23-47(22-27)21-25-9-4-2-5-10-25/h2,4-5,8-10,13,15-16,20,26-28,31,36H,3,6-7,11-12,14,17-19,21-24H2,1H3,(H,46,50)/t27?,28?,31-,36?/m1/s1. The molecule has 10 rings (SSSR count). The normalized spacial score (nSPS) is 25.2. The summed E-state index contributed by atoms with van der Waals surface area (Å²) in [7, 11) is -2.92. The van der Waals surface area contributed by atoms with Crippen LogP contribution in [0.4, 0.5) is 13.2 Å². The van der Waals surface area contributed by atoms with Gasteiger partial charge in [-0.25, -0.2) is 13.1 Å². The third-order valence-electron chi connectivity index (χ3n) is 12.7. The number of aromatic nitrogens is 1. The molecule has 3 aromatic rings. The molecule has 3 saturated heterocycles. The van der Waals surface area contributed by atoms with E-state index in [2.05, 4.69) is 38.6 Å². The molecule has 3 unspecified atom stereocenters. The molecule has 3 aliphatic carbocycles. The molecule has 4 aliphatic heterocycles. The molecule has 1 aromatic heterocycles. The molecule has 290 valence electrons. The van der Waals surface area contributed by atoms with E-state index >= 15 is 0 Å². The van der Waals surface area contributed by atoms with Crippen LogP contribution >= 0.6 is 0 Å². The van der Waals surface area contributed by atoms with E-state index in [4.69, 9.17) is 4.74 Å². The fourth-order valence-corrected chi connectivity index (χ4v) is 11.2. The van der Waals surface area contributed by atoms with E-state index in [1.807, 2.05) is 41.1 Å². The first-order valence-electron chi connectivity index (χ1n) is 19.5. The molecular formula is C42H45F3N4O5S. The van der Waals surface area contributed by atoms with Crippen LogP contribution in [0.3, 0.4) is 0 Å². The number of methoxy groups -OCH3 is 1. The summed E-state index contributed by atoms with van der Waals surface area (Å²) in [6.45, 7) is 2.68. The van der Waals surface area contributed by atoms with Crippen molar-refractivity contribution in [3.05, 3.63) is 99.8 Å². The molecule has 5 heterocycles. The third kappa shape index (κ3) is 6.60. The van der Waals surface area contributed by atoms with Gasteiger partial charge in [-0.05, 0) is 71.6 Å². The molecule has 4 fully saturated rings. The van der Waals surface area contributed by atoms with E-state index in [9.17, 15) is 31.2 Å². The van der Waals surface area contributed by atoms with Gasteiger partial charge < -0.3 is 14.2 Å². The molecule has 1 N–H and O–H groups in total. The first kappa shape index (κ1) is 36.3. The minimum Gasteiger partial charge on any atom is -0.496 e. The summed E-state index contributed by atoms with van der Waals surface area (Å²) in [5, 5.41) is 0.934. The predicted octanol–water partition coefficient (Wildman–Crippen LogP) is 6.86. The second-order valence-electron chi connectivity index (χ2n) is 16.1. The summed E-state index contributed by atoms with van der Waals surface area (Å²) in [6.07, 6.45) is 4.69. The largest absolute Gasteiger partial charge is 0.496 e. The number of carbonyl (C=O) groups is 2. The van der Waals surface area contributed by atoms with Crippen LogP contribution in [0.1, 0.15) is 80.0 Å².